The minimum atomic E-state index is -3.97. The molecule has 0 aliphatic rings. The lowest BCUT2D eigenvalue weighted by atomic mass is 10.2. The van der Waals surface area contributed by atoms with E-state index in [2.05, 4.69) is 15.9 Å². The molecule has 0 bridgehead atoms. The summed E-state index contributed by atoms with van der Waals surface area (Å²) in [6.45, 7) is 0.0891. The van der Waals surface area contributed by atoms with Crippen LogP contribution >= 0.6 is 39.1 Å². The van der Waals surface area contributed by atoms with Crippen molar-refractivity contribution in [3.05, 3.63) is 62.5 Å². The fraction of sp³-hybridized carbons (Fsp3) is 0.0769. The lowest BCUT2D eigenvalue weighted by Crippen LogP contribution is -2.24. The van der Waals surface area contributed by atoms with E-state index in [-0.39, 0.29) is 21.5 Å². The monoisotopic (exact) mass is 409 g/mol. The van der Waals surface area contributed by atoms with Crippen LogP contribution in [0.2, 0.25) is 10.0 Å². The van der Waals surface area contributed by atoms with Crippen molar-refractivity contribution in [1.29, 1.82) is 0 Å². The van der Waals surface area contributed by atoms with E-state index in [4.69, 9.17) is 28.0 Å². The number of rotatable bonds is 5. The van der Waals surface area contributed by atoms with Crippen molar-refractivity contribution >= 4 is 49.2 Å². The van der Waals surface area contributed by atoms with Gasteiger partial charge in [-0.05, 0) is 17.7 Å². The number of sulfonamides is 1. The van der Waals surface area contributed by atoms with Crippen molar-refractivity contribution in [3.8, 4) is 0 Å². The molecular formula is C13H10BrCl2NO3S. The number of nitrogens with one attached hydrogen (secondary N) is 1. The smallest absolute Gasteiger partial charge is 0.265 e. The average molecular weight is 411 g/mol. The van der Waals surface area contributed by atoms with Gasteiger partial charge in [0.05, 0.1) is 16.7 Å². The summed E-state index contributed by atoms with van der Waals surface area (Å²) in [5.74, 6) is 0. The van der Waals surface area contributed by atoms with Crippen molar-refractivity contribution in [2.45, 2.75) is 11.5 Å². The molecule has 0 aliphatic carbocycles. The third kappa shape index (κ3) is 4.42. The van der Waals surface area contributed by atoms with Crippen LogP contribution in [0.5, 0.6) is 0 Å². The van der Waals surface area contributed by atoms with Crippen LogP contribution in [0.1, 0.15) is 5.56 Å². The molecule has 0 saturated heterocycles. The second-order valence-electron chi connectivity index (χ2n) is 4.06. The molecule has 0 unspecified atom stereocenters. The molecule has 4 nitrogen and oxygen atoms in total. The molecule has 0 fully saturated rings. The summed E-state index contributed by atoms with van der Waals surface area (Å²) >= 11 is 15.0. The van der Waals surface area contributed by atoms with Crippen LogP contribution in [0, 0.1) is 0 Å². The molecule has 1 N–H and O–H groups in total. The van der Waals surface area contributed by atoms with Gasteiger partial charge in [-0.2, -0.15) is 0 Å². The molecule has 0 amide bonds. The first kappa shape index (κ1) is 16.7. The summed E-state index contributed by atoms with van der Waals surface area (Å²) in [5, 5.41) is 0.00960. The van der Waals surface area contributed by atoms with E-state index in [1.54, 1.807) is 0 Å². The predicted octanol–water partition coefficient (Wildman–Crippen LogP) is 4.17. The highest BCUT2D eigenvalue weighted by molar-refractivity contribution is 9.10. The van der Waals surface area contributed by atoms with Gasteiger partial charge in [0, 0.05) is 4.47 Å². The van der Waals surface area contributed by atoms with Crippen molar-refractivity contribution in [2.24, 2.45) is 0 Å². The Kier molecular flexibility index (Phi) is 5.65. The molecular weight excluding hydrogens is 401 g/mol. The highest BCUT2D eigenvalue weighted by atomic mass is 79.9. The van der Waals surface area contributed by atoms with Gasteiger partial charge in [0.2, 0.25) is 0 Å². The quantitative estimate of drug-likeness (QED) is 0.752. The zero-order chi connectivity index (χ0) is 15.5. The van der Waals surface area contributed by atoms with Crippen LogP contribution < -0.4 is 4.89 Å². The number of hydrogen-bond acceptors (Lipinski definition) is 3. The maximum atomic E-state index is 12.2. The summed E-state index contributed by atoms with van der Waals surface area (Å²) < 4.78 is 24.9. The van der Waals surface area contributed by atoms with Gasteiger partial charge in [0.1, 0.15) is 4.90 Å². The molecule has 2 aromatic rings. The fourth-order valence-corrected chi connectivity index (χ4v) is 4.34. The van der Waals surface area contributed by atoms with Gasteiger partial charge in [0.15, 0.2) is 0 Å². The van der Waals surface area contributed by atoms with Crippen LogP contribution in [-0.2, 0) is 21.5 Å². The Morgan fingerprint density at radius 1 is 1.10 bits per heavy atom. The molecule has 0 radical (unpaired) electrons. The molecule has 0 aliphatic heterocycles. The second kappa shape index (κ2) is 7.09. The Morgan fingerprint density at radius 3 is 2.24 bits per heavy atom. The van der Waals surface area contributed by atoms with Crippen molar-refractivity contribution < 1.29 is 13.3 Å². The maximum Gasteiger partial charge on any atom is 0.265 e. The van der Waals surface area contributed by atoms with E-state index >= 15 is 0 Å². The van der Waals surface area contributed by atoms with E-state index in [0.717, 1.165) is 5.56 Å². The summed E-state index contributed by atoms with van der Waals surface area (Å²) in [6, 6.07) is 12.0. The molecule has 8 heteroatoms. The molecule has 2 rings (SSSR count). The fourth-order valence-electron chi connectivity index (χ4n) is 1.59. The first-order chi connectivity index (χ1) is 9.90. The highest BCUT2D eigenvalue weighted by Gasteiger charge is 2.22. The zero-order valence-electron chi connectivity index (χ0n) is 10.5. The highest BCUT2D eigenvalue weighted by Crippen LogP contribution is 2.32. The van der Waals surface area contributed by atoms with Crippen molar-refractivity contribution in [3.63, 3.8) is 0 Å². The molecule has 2 aromatic carbocycles. The third-order valence-corrected chi connectivity index (χ3v) is 5.07. The zero-order valence-corrected chi connectivity index (χ0v) is 14.4. The number of benzene rings is 2. The van der Waals surface area contributed by atoms with Gasteiger partial charge >= 0.3 is 0 Å². The average Bonchev–Trinajstić information content (AvgIpc) is 2.38. The van der Waals surface area contributed by atoms with E-state index in [1.807, 2.05) is 35.2 Å². The Bertz CT molecular complexity index is 715. The minimum absolute atomic E-state index is 0.00480. The van der Waals surface area contributed by atoms with Crippen LogP contribution in [-0.4, -0.2) is 8.42 Å². The first-order valence-corrected chi connectivity index (χ1v) is 8.75. The number of hydrogen-bond donors (Lipinski definition) is 1. The van der Waals surface area contributed by atoms with Gasteiger partial charge < -0.3 is 0 Å². The minimum Gasteiger partial charge on any atom is -0.282 e. The van der Waals surface area contributed by atoms with Gasteiger partial charge in [-0.3, -0.25) is 4.84 Å². The second-order valence-corrected chi connectivity index (χ2v) is 7.37. The van der Waals surface area contributed by atoms with Crippen molar-refractivity contribution in [2.75, 3.05) is 0 Å². The van der Waals surface area contributed by atoms with Crippen LogP contribution in [0.15, 0.2) is 51.8 Å². The first-order valence-electron chi connectivity index (χ1n) is 5.72. The normalized spacial score (nSPS) is 11.6. The van der Waals surface area contributed by atoms with Crippen LogP contribution in [0.3, 0.4) is 0 Å². The maximum absolute atomic E-state index is 12.2. The van der Waals surface area contributed by atoms with Crippen LogP contribution in [0.25, 0.3) is 0 Å². The molecule has 0 spiro atoms. The van der Waals surface area contributed by atoms with E-state index in [1.165, 1.54) is 12.1 Å². The Labute approximate surface area is 141 Å². The number of halogens is 3. The SMILES string of the molecule is O=S(=O)(NOCc1ccccc1)c1c(Cl)cc(Br)cc1Cl. The molecule has 21 heavy (non-hydrogen) atoms. The summed E-state index contributed by atoms with van der Waals surface area (Å²) in [6.07, 6.45) is 0. The van der Waals surface area contributed by atoms with Gasteiger partial charge in [-0.1, -0.05) is 74.3 Å². The lowest BCUT2D eigenvalue weighted by molar-refractivity contribution is 0.0795. The predicted molar refractivity (Wildman–Crippen MR) is 85.7 cm³/mol. The van der Waals surface area contributed by atoms with Gasteiger partial charge in [0.25, 0.3) is 10.0 Å². The molecule has 0 atom stereocenters. The molecule has 0 heterocycles. The van der Waals surface area contributed by atoms with Crippen LogP contribution in [0.4, 0.5) is 0 Å². The molecule has 0 aromatic heterocycles. The standard InChI is InChI=1S/C13H10BrCl2NO3S/c14-10-6-11(15)13(12(16)7-10)21(18,19)17-20-8-9-4-2-1-3-5-9/h1-7,17H,8H2. The Balaban J connectivity index is 2.12. The van der Waals surface area contributed by atoms with E-state index < -0.39 is 10.0 Å². The Hall–Kier alpha value is -0.630. The summed E-state index contributed by atoms with van der Waals surface area (Å²) in [4.78, 5) is 6.80. The van der Waals surface area contributed by atoms with Gasteiger partial charge in [-0.15, -0.1) is 0 Å². The van der Waals surface area contributed by atoms with Gasteiger partial charge in [-0.25, -0.2) is 8.42 Å². The topological polar surface area (TPSA) is 55.4 Å². The third-order valence-electron chi connectivity index (χ3n) is 2.48. The summed E-state index contributed by atoms with van der Waals surface area (Å²) in [5.41, 5.74) is 0.827. The van der Waals surface area contributed by atoms with E-state index in [9.17, 15) is 8.42 Å². The van der Waals surface area contributed by atoms with Crippen molar-refractivity contribution in [1.82, 2.24) is 4.89 Å². The van der Waals surface area contributed by atoms with E-state index in [0.29, 0.717) is 4.47 Å². The molecule has 0 saturated carbocycles. The molecule has 112 valence electrons. The Morgan fingerprint density at radius 2 is 1.67 bits per heavy atom. The summed E-state index contributed by atoms with van der Waals surface area (Å²) in [7, 11) is -3.97. The lowest BCUT2D eigenvalue weighted by Gasteiger charge is -2.10. The largest absolute Gasteiger partial charge is 0.282 e.